The average molecular weight is 180 g/mol. The fourth-order valence-electron chi connectivity index (χ4n) is 0.514. The number of aliphatic imine (C=N–C) groups is 1. The third-order valence-electron chi connectivity index (χ3n) is 1.35. The first-order chi connectivity index (χ1) is 6.24. The highest BCUT2D eigenvalue weighted by Crippen LogP contribution is 1.91. The molecule has 2 N–H and O–H groups in total. The molecule has 0 aliphatic rings. The molecule has 0 atom stereocenters. The highest BCUT2D eigenvalue weighted by Gasteiger charge is 1.84. The van der Waals surface area contributed by atoms with E-state index in [0.29, 0.717) is 0 Å². The number of allylic oxidation sites excluding steroid dienone is 2. The molecule has 0 spiro atoms. The third-order valence-corrected chi connectivity index (χ3v) is 1.35. The molecule has 0 aliphatic heterocycles. The van der Waals surface area contributed by atoms with Crippen molar-refractivity contribution in [1.29, 1.82) is 0 Å². The van der Waals surface area contributed by atoms with Crippen LogP contribution in [0.15, 0.2) is 34.5 Å². The highest BCUT2D eigenvalue weighted by molar-refractivity contribution is 5.84. The summed E-state index contributed by atoms with van der Waals surface area (Å²) < 4.78 is 0. The Balaban J connectivity index is 4.39. The molecule has 0 aliphatic carbocycles. The first kappa shape index (κ1) is 11.4. The first-order valence-electron chi connectivity index (χ1n) is 3.99. The largest absolute Gasteiger partial charge is 0.377 e. The Hall–Kier alpha value is -1.58. The van der Waals surface area contributed by atoms with Crippen molar-refractivity contribution >= 4 is 12.1 Å². The Labute approximate surface area is 79.1 Å². The standard InChI is InChI=1S/C9H16N4/c1-5-9(7-13-11-4)6-12-8(2)10-3/h5-7,11H,1H2,2-4H3,(H,10,12)/b9-6-,13-7-. The van der Waals surface area contributed by atoms with Crippen LogP contribution in [-0.4, -0.2) is 26.1 Å². The number of rotatable bonds is 4. The summed E-state index contributed by atoms with van der Waals surface area (Å²) in [4.78, 5) is 4.12. The van der Waals surface area contributed by atoms with Gasteiger partial charge in [0.15, 0.2) is 0 Å². The Morgan fingerprint density at radius 2 is 2.08 bits per heavy atom. The Morgan fingerprint density at radius 3 is 2.54 bits per heavy atom. The number of hydrogen-bond donors (Lipinski definition) is 2. The van der Waals surface area contributed by atoms with Gasteiger partial charge in [0, 0.05) is 25.9 Å². The molecular formula is C9H16N4. The van der Waals surface area contributed by atoms with Crippen molar-refractivity contribution in [1.82, 2.24) is 10.7 Å². The van der Waals surface area contributed by atoms with Crippen LogP contribution in [-0.2, 0) is 0 Å². The maximum Gasteiger partial charge on any atom is 0.0981 e. The molecule has 0 aromatic carbocycles. The minimum absolute atomic E-state index is 0.845. The van der Waals surface area contributed by atoms with Gasteiger partial charge >= 0.3 is 0 Å². The lowest BCUT2D eigenvalue weighted by Gasteiger charge is -1.94. The Morgan fingerprint density at radius 1 is 1.38 bits per heavy atom. The van der Waals surface area contributed by atoms with Gasteiger partial charge in [0.2, 0.25) is 0 Å². The first-order valence-corrected chi connectivity index (χ1v) is 3.99. The molecule has 4 heteroatoms. The van der Waals surface area contributed by atoms with Crippen LogP contribution in [0.2, 0.25) is 0 Å². The Bertz CT molecular complexity index is 238. The fraction of sp³-hybridized carbons (Fsp3) is 0.333. The topological polar surface area (TPSA) is 48.8 Å². The van der Waals surface area contributed by atoms with Gasteiger partial charge in [0.1, 0.15) is 0 Å². The lowest BCUT2D eigenvalue weighted by Crippen LogP contribution is -2.12. The third kappa shape index (κ3) is 5.66. The Kier molecular flexibility index (Phi) is 6.23. The monoisotopic (exact) mass is 180 g/mol. The summed E-state index contributed by atoms with van der Waals surface area (Å²) >= 11 is 0. The fourth-order valence-corrected chi connectivity index (χ4v) is 0.514. The molecule has 0 rings (SSSR count). The second kappa shape index (κ2) is 7.09. The van der Waals surface area contributed by atoms with Gasteiger partial charge in [0.05, 0.1) is 12.1 Å². The van der Waals surface area contributed by atoms with Crippen LogP contribution in [0, 0.1) is 0 Å². The molecule has 0 saturated heterocycles. The molecule has 0 aromatic rings. The summed E-state index contributed by atoms with van der Waals surface area (Å²) in [5.74, 6) is 0.845. The SMILES string of the molecule is C=CC(/C=N\NC)=C/N=C(/C)NC. The van der Waals surface area contributed by atoms with Gasteiger partial charge in [-0.15, -0.1) is 0 Å². The number of hydrazone groups is 1. The van der Waals surface area contributed by atoms with Gasteiger partial charge in [-0.3, -0.25) is 0 Å². The second-order valence-electron chi connectivity index (χ2n) is 2.28. The van der Waals surface area contributed by atoms with Crippen molar-refractivity contribution < 1.29 is 0 Å². The van der Waals surface area contributed by atoms with E-state index in [2.05, 4.69) is 27.4 Å². The minimum atomic E-state index is 0.845. The van der Waals surface area contributed by atoms with Gasteiger partial charge in [-0.05, 0) is 6.92 Å². The van der Waals surface area contributed by atoms with E-state index in [1.165, 1.54) is 0 Å². The number of nitrogens with zero attached hydrogens (tertiary/aromatic N) is 2. The molecule has 0 heterocycles. The molecular weight excluding hydrogens is 164 g/mol. The molecule has 72 valence electrons. The summed E-state index contributed by atoms with van der Waals surface area (Å²) in [5.41, 5.74) is 3.50. The normalized spacial score (nSPS) is 13.2. The van der Waals surface area contributed by atoms with Gasteiger partial charge in [-0.2, -0.15) is 5.10 Å². The maximum absolute atomic E-state index is 4.12. The summed E-state index contributed by atoms with van der Waals surface area (Å²) in [6.45, 7) is 5.52. The van der Waals surface area contributed by atoms with E-state index in [4.69, 9.17) is 0 Å². The van der Waals surface area contributed by atoms with Crippen molar-refractivity contribution in [3.05, 3.63) is 24.4 Å². The van der Waals surface area contributed by atoms with Gasteiger partial charge in [0.25, 0.3) is 0 Å². The minimum Gasteiger partial charge on any atom is -0.377 e. The van der Waals surface area contributed by atoms with Crippen LogP contribution in [0.1, 0.15) is 6.92 Å². The van der Waals surface area contributed by atoms with Gasteiger partial charge in [-0.1, -0.05) is 12.7 Å². The van der Waals surface area contributed by atoms with Crippen molar-refractivity contribution in [2.24, 2.45) is 10.1 Å². The van der Waals surface area contributed by atoms with Crippen LogP contribution >= 0.6 is 0 Å². The summed E-state index contributed by atoms with van der Waals surface area (Å²) in [6, 6.07) is 0. The molecule has 0 bridgehead atoms. The van der Waals surface area contributed by atoms with Crippen molar-refractivity contribution in [3.8, 4) is 0 Å². The molecule has 0 unspecified atom stereocenters. The van der Waals surface area contributed by atoms with Crippen LogP contribution in [0.3, 0.4) is 0 Å². The number of amidine groups is 1. The summed E-state index contributed by atoms with van der Waals surface area (Å²) in [6.07, 6.45) is 5.03. The molecule has 0 radical (unpaired) electrons. The quantitative estimate of drug-likeness (QED) is 0.292. The van der Waals surface area contributed by atoms with Crippen molar-refractivity contribution in [2.75, 3.05) is 14.1 Å². The predicted molar refractivity (Wildman–Crippen MR) is 58.0 cm³/mol. The van der Waals surface area contributed by atoms with E-state index in [-0.39, 0.29) is 0 Å². The van der Waals surface area contributed by atoms with Crippen molar-refractivity contribution in [3.63, 3.8) is 0 Å². The lowest BCUT2D eigenvalue weighted by atomic mass is 10.3. The summed E-state index contributed by atoms with van der Waals surface area (Å²) in [7, 11) is 3.56. The van der Waals surface area contributed by atoms with E-state index < -0.39 is 0 Å². The van der Waals surface area contributed by atoms with E-state index in [0.717, 1.165) is 11.4 Å². The molecule has 13 heavy (non-hydrogen) atoms. The number of nitrogens with one attached hydrogen (secondary N) is 2. The predicted octanol–water partition coefficient (Wildman–Crippen LogP) is 0.899. The molecule has 4 nitrogen and oxygen atoms in total. The molecule has 0 saturated carbocycles. The lowest BCUT2D eigenvalue weighted by molar-refractivity contribution is 0.908. The maximum atomic E-state index is 4.12. The van der Waals surface area contributed by atoms with Crippen LogP contribution in [0.4, 0.5) is 0 Å². The van der Waals surface area contributed by atoms with Gasteiger partial charge in [-0.25, -0.2) is 4.99 Å². The zero-order valence-corrected chi connectivity index (χ0v) is 8.33. The average Bonchev–Trinajstić information content (AvgIpc) is 2.17. The van der Waals surface area contributed by atoms with E-state index in [9.17, 15) is 0 Å². The van der Waals surface area contributed by atoms with E-state index in [1.54, 1.807) is 25.5 Å². The second-order valence-corrected chi connectivity index (χ2v) is 2.28. The molecule has 0 fully saturated rings. The van der Waals surface area contributed by atoms with Gasteiger partial charge < -0.3 is 10.7 Å². The zero-order valence-electron chi connectivity index (χ0n) is 8.33. The highest BCUT2D eigenvalue weighted by atomic mass is 15.3. The van der Waals surface area contributed by atoms with E-state index >= 15 is 0 Å². The molecule has 0 aromatic heterocycles. The van der Waals surface area contributed by atoms with Crippen LogP contribution in [0.25, 0.3) is 0 Å². The number of hydrogen-bond acceptors (Lipinski definition) is 3. The smallest absolute Gasteiger partial charge is 0.0981 e. The van der Waals surface area contributed by atoms with Crippen LogP contribution < -0.4 is 10.7 Å². The van der Waals surface area contributed by atoms with Crippen LogP contribution in [0.5, 0.6) is 0 Å². The zero-order chi connectivity index (χ0) is 10.1. The molecule has 0 amide bonds. The summed E-state index contributed by atoms with van der Waals surface area (Å²) in [5, 5.41) is 6.75. The van der Waals surface area contributed by atoms with Crippen molar-refractivity contribution in [2.45, 2.75) is 6.92 Å². The van der Waals surface area contributed by atoms with E-state index in [1.807, 2.05) is 14.0 Å².